The second kappa shape index (κ2) is 6.63. The average Bonchev–Trinajstić information content (AvgIpc) is 2.36. The number of hydrogen-bond donors (Lipinski definition) is 0. The molecule has 19 heavy (non-hydrogen) atoms. The number of Topliss-reactive ketones (excluding diaryl/α,β-unsaturated/α-hetero) is 1. The number of para-hydroxylation sites is 1. The number of hydrogen-bond acceptors (Lipinski definition) is 5. The predicted molar refractivity (Wildman–Crippen MR) is 67.6 cm³/mol. The summed E-state index contributed by atoms with van der Waals surface area (Å²) in [5, 5.41) is 10.9. The largest absolute Gasteiger partial charge is 0.465 e. The van der Waals surface area contributed by atoms with E-state index in [2.05, 4.69) is 0 Å². The van der Waals surface area contributed by atoms with Crippen molar-refractivity contribution in [1.29, 1.82) is 0 Å². The van der Waals surface area contributed by atoms with Gasteiger partial charge in [-0.2, -0.15) is 0 Å². The van der Waals surface area contributed by atoms with Gasteiger partial charge < -0.3 is 4.74 Å². The third-order valence-corrected chi connectivity index (χ3v) is 2.67. The quantitative estimate of drug-likeness (QED) is 0.339. The lowest BCUT2D eigenvalue weighted by atomic mass is 9.95. The van der Waals surface area contributed by atoms with Gasteiger partial charge in [-0.1, -0.05) is 18.2 Å². The molecule has 0 saturated carbocycles. The summed E-state index contributed by atoms with van der Waals surface area (Å²) >= 11 is 0. The molecule has 6 nitrogen and oxygen atoms in total. The van der Waals surface area contributed by atoms with Crippen molar-refractivity contribution in [1.82, 2.24) is 0 Å². The van der Waals surface area contributed by atoms with Crippen LogP contribution in [0.4, 0.5) is 5.69 Å². The maximum Gasteiger partial charge on any atom is 0.316 e. The van der Waals surface area contributed by atoms with Gasteiger partial charge >= 0.3 is 5.97 Å². The Kier molecular flexibility index (Phi) is 5.17. The first-order valence-electron chi connectivity index (χ1n) is 5.86. The number of ketones is 1. The van der Waals surface area contributed by atoms with Gasteiger partial charge in [0.15, 0.2) is 0 Å². The molecule has 1 aromatic rings. The molecule has 0 amide bonds. The molecule has 0 spiro atoms. The Labute approximate surface area is 110 Å². The van der Waals surface area contributed by atoms with Crippen LogP contribution in [0.3, 0.4) is 0 Å². The summed E-state index contributed by atoms with van der Waals surface area (Å²) in [4.78, 5) is 33.5. The maximum atomic E-state index is 11.7. The van der Waals surface area contributed by atoms with Crippen molar-refractivity contribution in [2.75, 3.05) is 6.61 Å². The zero-order valence-corrected chi connectivity index (χ0v) is 10.8. The van der Waals surface area contributed by atoms with Gasteiger partial charge in [0.25, 0.3) is 5.69 Å². The van der Waals surface area contributed by atoms with E-state index in [1.165, 1.54) is 25.1 Å². The van der Waals surface area contributed by atoms with Gasteiger partial charge in [0.05, 0.1) is 11.5 Å². The Hall–Kier alpha value is -2.24. The van der Waals surface area contributed by atoms with E-state index in [-0.39, 0.29) is 24.5 Å². The van der Waals surface area contributed by atoms with Crippen LogP contribution < -0.4 is 0 Å². The van der Waals surface area contributed by atoms with Gasteiger partial charge in [-0.15, -0.1) is 0 Å². The molecule has 0 aromatic heterocycles. The van der Waals surface area contributed by atoms with Crippen LogP contribution >= 0.6 is 0 Å². The number of ether oxygens (including phenoxy) is 1. The van der Waals surface area contributed by atoms with Gasteiger partial charge in [-0.25, -0.2) is 0 Å². The van der Waals surface area contributed by atoms with Gasteiger partial charge in [0, 0.05) is 11.6 Å². The van der Waals surface area contributed by atoms with E-state index in [1.54, 1.807) is 13.0 Å². The fourth-order valence-electron chi connectivity index (χ4n) is 1.72. The van der Waals surface area contributed by atoms with Crippen molar-refractivity contribution in [3.05, 3.63) is 39.9 Å². The number of rotatable bonds is 6. The topological polar surface area (TPSA) is 86.5 Å². The van der Waals surface area contributed by atoms with Gasteiger partial charge in [0.2, 0.25) is 0 Å². The predicted octanol–water partition coefficient (Wildman–Crippen LogP) is 1.91. The first-order valence-corrected chi connectivity index (χ1v) is 5.86. The van der Waals surface area contributed by atoms with Crippen LogP contribution in [0.2, 0.25) is 0 Å². The van der Waals surface area contributed by atoms with Crippen LogP contribution in [0, 0.1) is 16.0 Å². The first-order chi connectivity index (χ1) is 8.97. The highest BCUT2D eigenvalue weighted by molar-refractivity contribution is 5.98. The van der Waals surface area contributed by atoms with Crippen molar-refractivity contribution in [3.8, 4) is 0 Å². The summed E-state index contributed by atoms with van der Waals surface area (Å²) in [6.45, 7) is 3.08. The van der Waals surface area contributed by atoms with Crippen molar-refractivity contribution in [2.24, 2.45) is 5.92 Å². The second-order valence-corrected chi connectivity index (χ2v) is 4.01. The van der Waals surface area contributed by atoms with Crippen LogP contribution in [0.5, 0.6) is 0 Å². The van der Waals surface area contributed by atoms with Crippen LogP contribution in [0.1, 0.15) is 19.4 Å². The van der Waals surface area contributed by atoms with E-state index < -0.39 is 16.8 Å². The number of carbonyl (C=O) groups excluding carboxylic acids is 2. The SMILES string of the molecule is CCOC(=O)C(Cc1ccccc1[N+](=O)[O-])C(C)=O. The summed E-state index contributed by atoms with van der Waals surface area (Å²) < 4.78 is 4.81. The first kappa shape index (κ1) is 14.8. The number of nitrogens with zero attached hydrogens (tertiary/aromatic N) is 1. The van der Waals surface area contributed by atoms with Gasteiger partial charge in [-0.3, -0.25) is 19.7 Å². The second-order valence-electron chi connectivity index (χ2n) is 4.01. The molecule has 0 saturated heterocycles. The average molecular weight is 265 g/mol. The molecular formula is C13H15NO5. The minimum absolute atomic E-state index is 0.0225. The highest BCUT2D eigenvalue weighted by atomic mass is 16.6. The highest BCUT2D eigenvalue weighted by Crippen LogP contribution is 2.22. The van der Waals surface area contributed by atoms with E-state index in [4.69, 9.17) is 4.74 Å². The van der Waals surface area contributed by atoms with E-state index in [9.17, 15) is 19.7 Å². The Balaban J connectivity index is 3.00. The monoisotopic (exact) mass is 265 g/mol. The van der Waals surface area contributed by atoms with Gasteiger partial charge in [-0.05, 0) is 20.3 Å². The number of benzene rings is 1. The molecule has 1 unspecified atom stereocenters. The molecule has 0 N–H and O–H groups in total. The Bertz CT molecular complexity index is 498. The summed E-state index contributed by atoms with van der Waals surface area (Å²) in [5.74, 6) is -2.01. The van der Waals surface area contributed by atoms with Gasteiger partial charge in [0.1, 0.15) is 11.7 Å². The summed E-state index contributed by atoms with van der Waals surface area (Å²) in [5.41, 5.74) is 0.249. The third kappa shape index (κ3) is 3.87. The molecule has 1 aromatic carbocycles. The molecule has 102 valence electrons. The molecular weight excluding hydrogens is 250 g/mol. The van der Waals surface area contributed by atoms with E-state index in [0.717, 1.165) is 0 Å². The fraction of sp³-hybridized carbons (Fsp3) is 0.385. The fourth-order valence-corrected chi connectivity index (χ4v) is 1.72. The van der Waals surface area contributed by atoms with Crippen LogP contribution in [-0.4, -0.2) is 23.3 Å². The number of carbonyl (C=O) groups is 2. The minimum Gasteiger partial charge on any atom is -0.465 e. The van der Waals surface area contributed by atoms with Crippen LogP contribution in [0.25, 0.3) is 0 Å². The highest BCUT2D eigenvalue weighted by Gasteiger charge is 2.27. The van der Waals surface area contributed by atoms with E-state index >= 15 is 0 Å². The standard InChI is InChI=1S/C13H15NO5/c1-3-19-13(16)11(9(2)15)8-10-6-4-5-7-12(10)14(17)18/h4-7,11H,3,8H2,1-2H3. The van der Waals surface area contributed by atoms with Crippen molar-refractivity contribution >= 4 is 17.4 Å². The maximum absolute atomic E-state index is 11.7. The number of nitro benzene ring substituents is 1. The summed E-state index contributed by atoms with van der Waals surface area (Å²) in [6.07, 6.45) is -0.0225. The molecule has 1 rings (SSSR count). The molecule has 1 atom stereocenters. The van der Waals surface area contributed by atoms with Crippen molar-refractivity contribution in [3.63, 3.8) is 0 Å². The van der Waals surface area contributed by atoms with Crippen LogP contribution in [-0.2, 0) is 20.7 Å². The smallest absolute Gasteiger partial charge is 0.316 e. The molecule has 6 heteroatoms. The number of nitro groups is 1. The molecule has 0 radical (unpaired) electrons. The molecule has 0 heterocycles. The minimum atomic E-state index is -0.999. The number of esters is 1. The normalized spacial score (nSPS) is 11.7. The molecule has 0 bridgehead atoms. The van der Waals surface area contributed by atoms with E-state index in [1.807, 2.05) is 0 Å². The van der Waals surface area contributed by atoms with Crippen molar-refractivity contribution in [2.45, 2.75) is 20.3 Å². The summed E-state index contributed by atoms with van der Waals surface area (Å²) in [6, 6.07) is 6.05. The lowest BCUT2D eigenvalue weighted by molar-refractivity contribution is -0.385. The Morgan fingerprint density at radius 3 is 2.53 bits per heavy atom. The molecule has 0 fully saturated rings. The Morgan fingerprint density at radius 1 is 1.37 bits per heavy atom. The van der Waals surface area contributed by atoms with E-state index in [0.29, 0.717) is 5.56 Å². The van der Waals surface area contributed by atoms with Crippen LogP contribution in [0.15, 0.2) is 24.3 Å². The Morgan fingerprint density at radius 2 is 2.00 bits per heavy atom. The molecule has 0 aliphatic carbocycles. The third-order valence-electron chi connectivity index (χ3n) is 2.67. The molecule has 0 aliphatic heterocycles. The van der Waals surface area contributed by atoms with Crippen molar-refractivity contribution < 1.29 is 19.2 Å². The zero-order valence-electron chi connectivity index (χ0n) is 10.8. The molecule has 0 aliphatic rings. The lowest BCUT2D eigenvalue weighted by Crippen LogP contribution is -2.26. The zero-order chi connectivity index (χ0) is 14.4. The summed E-state index contributed by atoms with van der Waals surface area (Å²) in [7, 11) is 0. The lowest BCUT2D eigenvalue weighted by Gasteiger charge is -2.12.